The van der Waals surface area contributed by atoms with E-state index in [1.807, 2.05) is 89.7 Å². The number of hydrogen-bond donors (Lipinski definition) is 2. The van der Waals surface area contributed by atoms with Gasteiger partial charge in [-0.15, -0.1) is 0 Å². The molecule has 347 valence electrons. The Morgan fingerprint density at radius 3 is 1.37 bits per heavy atom. The summed E-state index contributed by atoms with van der Waals surface area (Å²) in [7, 11) is -4.24. The number of ketones is 2. The predicted molar refractivity (Wildman–Crippen MR) is 260 cm³/mol. The third-order valence-electron chi connectivity index (χ3n) is 9.71. The minimum atomic E-state index is -2.91. The van der Waals surface area contributed by atoms with Gasteiger partial charge in [-0.05, 0) is 108 Å². The molecule has 2 aliphatic heterocycles. The second kappa shape index (κ2) is 29.4. The Kier molecular flexibility index (Phi) is 31.6. The first-order chi connectivity index (χ1) is 27.2. The number of nitrogens with one attached hydrogen (secondary N) is 1. The molecule has 0 aliphatic carbocycles. The molecule has 4 amide bonds. The summed E-state index contributed by atoms with van der Waals surface area (Å²) in [6, 6.07) is 24.9. The van der Waals surface area contributed by atoms with Crippen molar-refractivity contribution in [2.24, 2.45) is 5.73 Å². The van der Waals surface area contributed by atoms with Crippen molar-refractivity contribution in [1.82, 2.24) is 9.55 Å². The summed E-state index contributed by atoms with van der Waals surface area (Å²) in [6.45, 7) is 17.2. The van der Waals surface area contributed by atoms with Crippen LogP contribution < -0.4 is 15.6 Å². The first-order valence-electron chi connectivity index (χ1n) is 19.2. The van der Waals surface area contributed by atoms with Gasteiger partial charge in [-0.3, -0.25) is 33.3 Å². The van der Waals surface area contributed by atoms with Gasteiger partial charge in [-0.25, -0.2) is 4.90 Å². The summed E-state index contributed by atoms with van der Waals surface area (Å²) in [6.07, 6.45) is 0.696. The third-order valence-corrected chi connectivity index (χ3v) is 20.4. The van der Waals surface area contributed by atoms with Crippen LogP contribution >= 0.6 is 0 Å². The Morgan fingerprint density at radius 2 is 0.954 bits per heavy atom. The summed E-state index contributed by atoms with van der Waals surface area (Å²) >= 11 is 0. The Morgan fingerprint density at radius 1 is 0.585 bits per heavy atom. The van der Waals surface area contributed by atoms with Gasteiger partial charge < -0.3 is 33.8 Å². The maximum Gasteiger partial charge on any atom is 0.313 e. The molecule has 3 radical (unpaired) electrons. The fourth-order valence-electron chi connectivity index (χ4n) is 6.84. The van der Waals surface area contributed by atoms with Gasteiger partial charge in [0.15, 0.2) is 11.6 Å². The molecule has 0 aromatic heterocycles. The van der Waals surface area contributed by atoms with Gasteiger partial charge >= 0.3 is 8.56 Å². The maximum absolute atomic E-state index is 13.1. The Hall–Kier alpha value is -1.70. The fraction of sp³-hybridized carbons (Fsp3) is 0.319. The van der Waals surface area contributed by atoms with Gasteiger partial charge in [0.2, 0.25) is 0 Å². The van der Waals surface area contributed by atoms with Crippen molar-refractivity contribution in [2.75, 3.05) is 19.0 Å². The van der Waals surface area contributed by atoms with Gasteiger partial charge in [0.05, 0.1) is 27.9 Å². The molecule has 0 fully saturated rings. The average molecular weight is 1170 g/mol. The minimum Gasteiger partial charge on any atom is -0.424 e. The summed E-state index contributed by atoms with van der Waals surface area (Å²) in [5.74, 6) is -1.62. The van der Waals surface area contributed by atoms with Crippen molar-refractivity contribution >= 4 is 66.4 Å². The van der Waals surface area contributed by atoms with Crippen LogP contribution in [0.25, 0.3) is 11.1 Å². The number of carbonyl (C=O) groups excluding carboxylic acids is 6. The number of nitrogens with two attached hydrogens (primary N) is 1. The van der Waals surface area contributed by atoms with E-state index in [4.69, 9.17) is 8.23 Å². The van der Waals surface area contributed by atoms with Crippen LogP contribution in [0.15, 0.2) is 84.9 Å². The monoisotopic (exact) mass is 1170 g/mol. The van der Waals surface area contributed by atoms with Crippen LogP contribution in [0.5, 0.6) is 0 Å². The number of carbonyl (C=O) groups is 6. The number of hydrogen-bond acceptors (Lipinski definition) is 10. The second-order valence-corrected chi connectivity index (χ2v) is 26.5. The third kappa shape index (κ3) is 16.5. The van der Waals surface area contributed by atoms with Crippen LogP contribution in [-0.4, -0.2) is 79.4 Å². The molecule has 4 aromatic carbocycles. The number of Topliss-reactive ketones (excluding diaryl/α,β-unsaturated/α-hetero) is 2. The molecule has 18 heteroatoms. The zero-order chi connectivity index (χ0) is 43.3. The van der Waals surface area contributed by atoms with E-state index in [0.717, 1.165) is 11.1 Å². The molecule has 0 bridgehead atoms. The smallest absolute Gasteiger partial charge is 0.313 e. The number of imide groups is 2. The van der Waals surface area contributed by atoms with E-state index in [2.05, 4.69) is 10.7 Å². The van der Waals surface area contributed by atoms with E-state index in [1.54, 1.807) is 50.2 Å². The van der Waals surface area contributed by atoms with Crippen molar-refractivity contribution in [2.45, 2.75) is 87.7 Å². The minimum absolute atomic E-state index is 0. The van der Waals surface area contributed by atoms with Crippen LogP contribution in [0.1, 0.15) is 109 Å². The average Bonchev–Trinajstić information content (AvgIpc) is 3.61. The molecule has 4 aromatic rings. The van der Waals surface area contributed by atoms with Gasteiger partial charge in [0.25, 0.3) is 40.6 Å². The van der Waals surface area contributed by atoms with Crippen molar-refractivity contribution in [3.63, 3.8) is 0 Å². The van der Waals surface area contributed by atoms with E-state index >= 15 is 0 Å². The van der Waals surface area contributed by atoms with Crippen LogP contribution in [-0.2, 0) is 106 Å². The summed E-state index contributed by atoms with van der Waals surface area (Å²) < 4.78 is 13.9. The summed E-state index contributed by atoms with van der Waals surface area (Å²) in [4.78, 5) is 80.0. The Bertz CT molecular complexity index is 2260. The molecular formula is C47H68N4O8Si3Y3-2. The van der Waals surface area contributed by atoms with Crippen molar-refractivity contribution in [3.05, 3.63) is 139 Å². The van der Waals surface area contributed by atoms with Gasteiger partial charge in [-0.1, -0.05) is 82.8 Å². The zero-order valence-electron chi connectivity index (χ0n) is 39.0. The van der Waals surface area contributed by atoms with E-state index in [1.165, 1.54) is 34.2 Å². The van der Waals surface area contributed by atoms with E-state index < -0.39 is 37.3 Å². The number of amides is 4. The standard InChI is InChI=1S/C24H19NO3.C18H30N2O5Si3.CH5N.2CH4.2CH3.3Y/c1-3-22(26)18-10-13-20-21(14-18)24(28)25(23(20)27)19-11-8-17(9-12-19)16-6-4-15(2)5-7-16;1-9-16(21)13-10-11-14-15(12-13)18(23)20(17(14)22)27(5,6)25-28(7,8)24-26(3,4)19-2;1-2;;;;;;;/h4-14H,3H2,1-2H3;10-12,19H,9H2,1-8H3;2H2,1H3;2*1H4;2*1H3;;;/q;;;;;2*-1;;;. The molecule has 0 saturated heterocycles. The molecular weight excluding hydrogens is 1100 g/mol. The molecule has 0 saturated carbocycles. The predicted octanol–water partition coefficient (Wildman–Crippen LogP) is 10.0. The number of anilines is 1. The first-order valence-corrected chi connectivity index (χ1v) is 27.8. The fourth-order valence-corrected chi connectivity index (χ4v) is 19.1. The van der Waals surface area contributed by atoms with Crippen LogP contribution in [0.3, 0.4) is 0 Å². The van der Waals surface area contributed by atoms with Gasteiger partial charge in [0.1, 0.15) is 0 Å². The molecule has 6 rings (SSSR count). The van der Waals surface area contributed by atoms with Crippen molar-refractivity contribution < 1.29 is 135 Å². The zero-order valence-corrected chi connectivity index (χ0v) is 50.5. The molecule has 0 spiro atoms. The number of benzene rings is 4. The van der Waals surface area contributed by atoms with Crippen LogP contribution in [0.4, 0.5) is 5.69 Å². The molecule has 0 atom stereocenters. The molecule has 2 aliphatic rings. The number of aryl methyl sites for hydroxylation is 1. The Labute approximate surface area is 468 Å². The molecule has 3 N–H and O–H groups in total. The van der Waals surface area contributed by atoms with E-state index in [0.29, 0.717) is 40.8 Å². The molecule has 12 nitrogen and oxygen atoms in total. The maximum atomic E-state index is 13.1. The normalized spacial score (nSPS) is 12.2. The van der Waals surface area contributed by atoms with Gasteiger partial charge in [-0.2, -0.15) is 0 Å². The first kappa shape index (κ1) is 69.9. The summed E-state index contributed by atoms with van der Waals surface area (Å²) in [5.41, 5.74) is 10.4. The molecule has 65 heavy (non-hydrogen) atoms. The number of rotatable bonds is 12. The van der Waals surface area contributed by atoms with E-state index in [-0.39, 0.29) is 162 Å². The topological polar surface area (TPSA) is 165 Å². The van der Waals surface area contributed by atoms with E-state index in [9.17, 15) is 28.8 Å². The molecule has 2 heterocycles. The van der Waals surface area contributed by atoms with Crippen molar-refractivity contribution in [1.29, 1.82) is 0 Å². The number of nitrogens with zero attached hydrogens (tertiary/aromatic N) is 2. The summed E-state index contributed by atoms with van der Waals surface area (Å²) in [5, 5.41) is 0. The molecule has 0 unspecified atom stereocenters. The van der Waals surface area contributed by atoms with Crippen molar-refractivity contribution in [3.8, 4) is 11.1 Å². The van der Waals surface area contributed by atoms with Gasteiger partial charge in [0, 0.05) is 122 Å². The SMILES string of the molecule is C.C.CCC(=O)c1ccc2c(c1)C(=O)N([Si](C)(C)O[Si](C)(C)O[Si](C)(C)NC)C2=O.CCC(=O)c1ccc2c(c1)C(=O)N(c1ccc(-c3ccc(C)cc3)cc1)C2=O.CN.[CH3-].[CH3-].[Y].[Y].[Y]. The van der Waals surface area contributed by atoms with Crippen LogP contribution in [0.2, 0.25) is 39.3 Å². The largest absolute Gasteiger partial charge is 0.424 e. The van der Waals surface area contributed by atoms with Crippen LogP contribution in [0, 0.1) is 21.8 Å². The second-order valence-electron chi connectivity index (χ2n) is 15.2. The Balaban J connectivity index is -0.000000499. The quantitative estimate of drug-likeness (QED) is 0.0604. The number of fused-ring (bicyclic) bond motifs is 2.